The fourth-order valence-corrected chi connectivity index (χ4v) is 13.9. The van der Waals surface area contributed by atoms with Gasteiger partial charge in [0.2, 0.25) is 29.5 Å². The van der Waals surface area contributed by atoms with E-state index >= 15 is 0 Å². The van der Waals surface area contributed by atoms with Gasteiger partial charge < -0.3 is 91.6 Å². The lowest BCUT2D eigenvalue weighted by molar-refractivity contribution is -0.141. The molecule has 9 rings (SSSR count). The maximum absolute atomic E-state index is 14.5. The number of imide groups is 1. The van der Waals surface area contributed by atoms with Gasteiger partial charge in [-0.2, -0.15) is 4.98 Å². The molecule has 3 fully saturated rings. The number of aliphatic hydroxyl groups excluding tert-OH is 1. The molecule has 6 N–H and O–H groups in total. The second-order valence-electron chi connectivity index (χ2n) is 25.4. The van der Waals surface area contributed by atoms with Crippen LogP contribution in [-0.4, -0.2) is 261 Å². The molecule has 11 atom stereocenters. The molecule has 2 bridgehead atoms. The predicted octanol–water partition coefficient (Wildman–Crippen LogP) is 3.32. The Labute approximate surface area is 632 Å². The summed E-state index contributed by atoms with van der Waals surface area (Å²) in [4.78, 5) is 127. The van der Waals surface area contributed by atoms with Crippen molar-refractivity contribution in [3.8, 4) is 5.88 Å². The van der Waals surface area contributed by atoms with Crippen LogP contribution in [0.15, 0.2) is 90.4 Å². The molecule has 596 valence electrons. The van der Waals surface area contributed by atoms with E-state index in [-0.39, 0.29) is 94.9 Å². The second kappa shape index (κ2) is 43.5. The van der Waals surface area contributed by atoms with E-state index in [4.69, 9.17) is 70.2 Å². The molecule has 2 unspecified atom stereocenters. The summed E-state index contributed by atoms with van der Waals surface area (Å²) >= 11 is 4.28. The van der Waals surface area contributed by atoms with E-state index in [1.54, 1.807) is 69.5 Å². The van der Waals surface area contributed by atoms with Gasteiger partial charge in [0.1, 0.15) is 49.9 Å². The average Bonchev–Trinajstić information content (AvgIpc) is 1.61. The number of benzene rings is 2. The van der Waals surface area contributed by atoms with Crippen LogP contribution in [0.5, 0.6) is 5.88 Å². The zero-order valence-corrected chi connectivity index (χ0v) is 63.3. The van der Waals surface area contributed by atoms with E-state index in [1.807, 2.05) is 0 Å². The number of hydrogen-bond donors (Lipinski definition) is 7. The molecule has 0 spiro atoms. The first-order chi connectivity index (χ1) is 52.6. The monoisotopic (exact) mass is 1590 g/mol. The Morgan fingerprint density at radius 2 is 1.43 bits per heavy atom. The average molecular weight is 1590 g/mol. The summed E-state index contributed by atoms with van der Waals surface area (Å²) < 4.78 is 114. The van der Waals surface area contributed by atoms with Crippen molar-refractivity contribution in [1.29, 1.82) is 0 Å². The molecule has 7 amide bonds. The van der Waals surface area contributed by atoms with Crippen molar-refractivity contribution in [2.45, 2.75) is 102 Å². The number of nitrogens with one attached hydrogen (secondary N) is 5. The highest BCUT2D eigenvalue weighted by Crippen LogP contribution is 2.58. The molecule has 2 saturated heterocycles. The van der Waals surface area contributed by atoms with E-state index < -0.39 is 129 Å². The second-order valence-corrected chi connectivity index (χ2v) is 29.3. The number of aromatic nitrogens is 6. The van der Waals surface area contributed by atoms with Gasteiger partial charge in [-0.3, -0.25) is 62.4 Å². The lowest BCUT2D eigenvalue weighted by Gasteiger charge is -2.26. The van der Waals surface area contributed by atoms with E-state index in [0.717, 1.165) is 17.1 Å². The number of thiol groups is 1. The van der Waals surface area contributed by atoms with Gasteiger partial charge in [-0.1, -0.05) is 56.4 Å². The number of aliphatic hydroxyl groups is 1. The normalized spacial score (nSPS) is 22.1. The number of carbonyl (C=O) groups excluding carboxylic acids is 7. The Balaban J connectivity index is 0.803. The van der Waals surface area contributed by atoms with Gasteiger partial charge in [-0.05, 0) is 48.6 Å². The number of H-pyrrole nitrogens is 1. The van der Waals surface area contributed by atoms with Crippen molar-refractivity contribution in [2.24, 2.45) is 11.8 Å². The quantitative estimate of drug-likeness (QED) is 0.0128. The number of carbonyl (C=O) groups is 7. The lowest BCUT2D eigenvalue weighted by atomic mass is 10.0. The van der Waals surface area contributed by atoms with Gasteiger partial charge in [0.25, 0.3) is 23.3 Å². The summed E-state index contributed by atoms with van der Waals surface area (Å²) in [5.74, 6) is -5.19. The summed E-state index contributed by atoms with van der Waals surface area (Å²) in [6.45, 7) is 3.98. The summed E-state index contributed by atoms with van der Waals surface area (Å²) in [6.07, 6.45) is -1.01. The van der Waals surface area contributed by atoms with Gasteiger partial charge in [-0.25, -0.2) is 24.3 Å². The number of amides is 7. The fraction of sp³-hybridized carbons (Fsp3) is 0.559. The molecule has 1 saturated carbocycles. The Morgan fingerprint density at radius 1 is 0.789 bits per heavy atom. The van der Waals surface area contributed by atoms with E-state index in [1.165, 1.54) is 41.3 Å². The summed E-state index contributed by atoms with van der Waals surface area (Å²) in [5.41, 5.74) is -0.0123. The third kappa shape index (κ3) is 26.6. The van der Waals surface area contributed by atoms with Crippen LogP contribution in [-0.2, 0) is 112 Å². The molecular weight excluding hydrogens is 1490 g/mol. The topological polar surface area (TPSA) is 456 Å². The molecule has 6 heterocycles. The van der Waals surface area contributed by atoms with Crippen molar-refractivity contribution in [3.05, 3.63) is 113 Å². The standard InChI is InChI=1S/C68H92N12O26P2S/c1-43(2)57(74-53(81)38-79-55(82)13-14-56(79)83)64(87)72-44(3)62(85)73-48-11-9-45(10-12-48)39-100-68(89)78(18-20-93-23-24-95-27-28-97-31-32-99-34-33-98-30-29-96-26-25-94-22-21-92-4)37-46-7-5-6-8-50(46)63(86)76-67-75-61-58(65(88)77-67)71-42-80(61)66-60-59(84)51(104-66)16-19-101-107(90)105-52-36-49(103-54-15-17-69-41-70-54)35-47(52)40-102-108(91,109)106-60/h5-15,17,41-44,47,49,51-52,57,59-60,66,84,107H,16,18-40H2,1-4H3,(H,72,87)(H,73,85)(H,74,81)(H,91,109)(H2,75,76,77,86,88)/t44-,47?,49+,51+,52-,57-,59+,60+,66+,108+/m0/s1. The fourth-order valence-electron chi connectivity index (χ4n) is 11.5. The zero-order chi connectivity index (χ0) is 77.7. The van der Waals surface area contributed by atoms with Gasteiger partial charge in [0.05, 0.1) is 131 Å². The highest BCUT2D eigenvalue weighted by Gasteiger charge is 2.50. The lowest BCUT2D eigenvalue weighted by Crippen LogP contribution is -2.55. The van der Waals surface area contributed by atoms with Crippen molar-refractivity contribution < 1.29 is 118 Å². The number of rotatable bonds is 41. The van der Waals surface area contributed by atoms with Crippen LogP contribution >= 0.6 is 27.3 Å². The highest BCUT2D eigenvalue weighted by molar-refractivity contribution is 8.44. The number of aromatic amines is 1. The third-order valence-corrected chi connectivity index (χ3v) is 19.7. The first-order valence-corrected chi connectivity index (χ1v) is 39.1. The van der Waals surface area contributed by atoms with Crippen LogP contribution in [0.4, 0.5) is 16.4 Å². The summed E-state index contributed by atoms with van der Waals surface area (Å²) in [5, 5.41) is 22.2. The SMILES string of the molecule is COCCOCCOCCOCCOCCOCCOCCOCCN(Cc1ccccc1C(=O)Nc1nc2c(ncn2[C@@H]2O[C@@H]3CCO[PH](=O)O[C@H]4C[C@H](Oc5ccncn5)CC4CO[P@@](=O)(S)O[C@@H]2[C@@H]3O)c(=O)[nH]1)C(=O)OCc1ccc(NC(=O)[C@H](C)NC(=O)[C@@H](NC(=O)CN2C(=O)C=CC2=O)C(C)C)cc1. The molecule has 41 heteroatoms. The van der Waals surface area contributed by atoms with Crippen molar-refractivity contribution in [1.82, 2.24) is 49.9 Å². The molecule has 2 aromatic carbocycles. The predicted molar refractivity (Wildman–Crippen MR) is 387 cm³/mol. The van der Waals surface area contributed by atoms with Crippen LogP contribution in [0.3, 0.4) is 0 Å². The largest absolute Gasteiger partial charge is 0.474 e. The molecule has 4 aliphatic rings. The number of ether oxygens (including phenoxy) is 11. The minimum atomic E-state index is -4.40. The molecule has 109 heavy (non-hydrogen) atoms. The van der Waals surface area contributed by atoms with Crippen LogP contribution < -0.4 is 31.6 Å². The maximum atomic E-state index is 14.5. The van der Waals surface area contributed by atoms with Crippen molar-refractivity contribution in [2.75, 3.05) is 143 Å². The first-order valence-electron chi connectivity index (χ1n) is 35.2. The number of methoxy groups -OCH3 is 1. The Bertz CT molecular complexity index is 3960. The Morgan fingerprint density at radius 3 is 2.06 bits per heavy atom. The highest BCUT2D eigenvalue weighted by atomic mass is 32.7. The third-order valence-electron chi connectivity index (χ3n) is 17.1. The van der Waals surface area contributed by atoms with Gasteiger partial charge in [-0.15, -0.1) is 0 Å². The van der Waals surface area contributed by atoms with Crippen molar-refractivity contribution >= 4 is 91.6 Å². The molecular formula is C68H92N12O26P2S. The van der Waals surface area contributed by atoms with E-state index in [2.05, 4.69) is 58.4 Å². The smallest absolute Gasteiger partial charge is 0.410 e. The van der Waals surface area contributed by atoms with Crippen LogP contribution in [0.1, 0.15) is 67.7 Å². The number of anilines is 2. The zero-order valence-electron chi connectivity index (χ0n) is 60.5. The molecule has 1 aliphatic carbocycles. The number of nitrogens with zero attached hydrogens (tertiary/aromatic N) is 7. The number of hydrogen-bond acceptors (Lipinski definition) is 30. The molecule has 5 aromatic rings. The Kier molecular flexibility index (Phi) is 33.9. The minimum absolute atomic E-state index is 0.0115. The molecule has 3 aromatic heterocycles. The van der Waals surface area contributed by atoms with E-state index in [9.17, 15) is 52.6 Å². The number of imidazole rings is 1. The van der Waals surface area contributed by atoms with Crippen LogP contribution in [0.2, 0.25) is 0 Å². The first kappa shape index (κ1) is 85.0. The molecule has 0 radical (unpaired) electrons. The van der Waals surface area contributed by atoms with Gasteiger partial charge >= 0.3 is 21.1 Å². The maximum Gasteiger partial charge on any atom is 0.410 e. The van der Waals surface area contributed by atoms with Crippen LogP contribution in [0.25, 0.3) is 11.2 Å². The van der Waals surface area contributed by atoms with Gasteiger partial charge in [0, 0.05) is 74.6 Å². The number of fused-ring (bicyclic) bond motifs is 4. The Hall–Kier alpha value is -8.05. The molecule has 3 aliphatic heterocycles. The minimum Gasteiger partial charge on any atom is -0.474 e. The molecule has 38 nitrogen and oxygen atoms in total. The van der Waals surface area contributed by atoms with E-state index in [0.29, 0.717) is 102 Å². The van der Waals surface area contributed by atoms with Crippen LogP contribution in [0, 0.1) is 11.8 Å². The van der Waals surface area contributed by atoms with Crippen molar-refractivity contribution in [3.63, 3.8) is 0 Å². The van der Waals surface area contributed by atoms with Gasteiger partial charge in [0.15, 0.2) is 17.4 Å². The summed E-state index contributed by atoms with van der Waals surface area (Å²) in [7, 11) is -1.54. The summed E-state index contributed by atoms with van der Waals surface area (Å²) in [6, 6.07) is 12.0.